The molecular weight excluding hydrogens is 514 g/mol. The van der Waals surface area contributed by atoms with Crippen LogP contribution in [0.4, 0.5) is 26.3 Å². The number of carboxylic acid groups (broad SMARTS) is 2. The van der Waals surface area contributed by atoms with Gasteiger partial charge in [0.25, 0.3) is 0 Å². The van der Waals surface area contributed by atoms with Crippen molar-refractivity contribution >= 4 is 11.9 Å². The number of nitrogens with zero attached hydrogens (tertiary/aromatic N) is 4. The number of carboxylic acids is 2. The zero-order chi connectivity index (χ0) is 27.8. The molecule has 0 spiro atoms. The van der Waals surface area contributed by atoms with Gasteiger partial charge in [-0.25, -0.2) is 14.6 Å². The van der Waals surface area contributed by atoms with E-state index in [1.807, 2.05) is 0 Å². The summed E-state index contributed by atoms with van der Waals surface area (Å²) in [5, 5.41) is 23.1. The SMILES string of the molecule is N#Cc1ccc(OC2CN(CC3CC3)Cc3cccn3C2)nc1.O=C(O)C(F)(F)F.O=C(O)C(F)(F)F. The van der Waals surface area contributed by atoms with Gasteiger partial charge < -0.3 is 19.5 Å². The Labute approximate surface area is 206 Å². The van der Waals surface area contributed by atoms with Gasteiger partial charge in [-0.1, -0.05) is 0 Å². The molecule has 0 amide bonds. The van der Waals surface area contributed by atoms with E-state index in [1.54, 1.807) is 18.3 Å². The number of hydrogen-bond acceptors (Lipinski definition) is 6. The first-order valence-corrected chi connectivity index (χ1v) is 10.7. The number of halogens is 6. The minimum absolute atomic E-state index is 0.0721. The molecule has 0 radical (unpaired) electrons. The van der Waals surface area contributed by atoms with Gasteiger partial charge in [-0.2, -0.15) is 31.6 Å². The van der Waals surface area contributed by atoms with Crippen LogP contribution in [0.1, 0.15) is 24.1 Å². The predicted molar refractivity (Wildman–Crippen MR) is 113 cm³/mol. The third-order valence-corrected chi connectivity index (χ3v) is 5.02. The molecule has 1 atom stereocenters. The van der Waals surface area contributed by atoms with Gasteiger partial charge in [0.05, 0.1) is 12.1 Å². The van der Waals surface area contributed by atoms with E-state index in [0.29, 0.717) is 11.4 Å². The Morgan fingerprint density at radius 1 is 1.05 bits per heavy atom. The van der Waals surface area contributed by atoms with Crippen molar-refractivity contribution in [1.29, 1.82) is 5.26 Å². The van der Waals surface area contributed by atoms with Gasteiger partial charge in [-0.05, 0) is 37.0 Å². The molecule has 1 aliphatic heterocycles. The first-order chi connectivity index (χ1) is 17.2. The van der Waals surface area contributed by atoms with Crippen LogP contribution in [0.2, 0.25) is 0 Å². The Bertz CT molecular complexity index is 1070. The molecule has 202 valence electrons. The lowest BCUT2D eigenvalue weighted by atomic mass is 10.3. The van der Waals surface area contributed by atoms with Crippen LogP contribution in [0.3, 0.4) is 0 Å². The standard InChI is InChI=1S/C18H20N4O.2C2HF3O2/c19-8-15-5-6-18(20-9-15)23-17-12-21(10-14-3-4-14)11-16-2-1-7-22(16)13-17;2*3-2(4,5)1(6)7/h1-2,5-7,9,14,17H,3-4,10-13H2;2*(H,6,7). The molecule has 2 aromatic rings. The lowest BCUT2D eigenvalue weighted by molar-refractivity contribution is -0.193. The van der Waals surface area contributed by atoms with Gasteiger partial charge >= 0.3 is 24.3 Å². The average Bonchev–Trinajstić information content (AvgIpc) is 3.54. The topological polar surface area (TPSA) is 129 Å². The highest BCUT2D eigenvalue weighted by atomic mass is 19.4. The molecule has 2 aromatic heterocycles. The first-order valence-electron chi connectivity index (χ1n) is 10.7. The molecule has 0 bridgehead atoms. The second-order valence-electron chi connectivity index (χ2n) is 8.13. The largest absolute Gasteiger partial charge is 0.490 e. The van der Waals surface area contributed by atoms with Crippen LogP contribution in [0.25, 0.3) is 0 Å². The molecule has 1 aliphatic carbocycles. The van der Waals surface area contributed by atoms with Crippen molar-refractivity contribution in [2.24, 2.45) is 5.92 Å². The van der Waals surface area contributed by atoms with Gasteiger partial charge in [0, 0.05) is 43.8 Å². The summed E-state index contributed by atoms with van der Waals surface area (Å²) in [4.78, 5) is 24.5. The fourth-order valence-electron chi connectivity index (χ4n) is 3.20. The van der Waals surface area contributed by atoms with Crippen molar-refractivity contribution in [3.8, 4) is 11.9 Å². The van der Waals surface area contributed by atoms with Gasteiger partial charge in [0.1, 0.15) is 12.2 Å². The van der Waals surface area contributed by atoms with Crippen molar-refractivity contribution in [3.63, 3.8) is 0 Å². The van der Waals surface area contributed by atoms with E-state index in [1.165, 1.54) is 18.5 Å². The van der Waals surface area contributed by atoms with E-state index in [4.69, 9.17) is 29.8 Å². The van der Waals surface area contributed by atoms with Crippen molar-refractivity contribution < 1.29 is 50.9 Å². The summed E-state index contributed by atoms with van der Waals surface area (Å²) in [6, 6.07) is 9.92. The quantitative estimate of drug-likeness (QED) is 0.567. The summed E-state index contributed by atoms with van der Waals surface area (Å²) in [5.41, 5.74) is 1.91. The van der Waals surface area contributed by atoms with E-state index >= 15 is 0 Å². The molecule has 15 heteroatoms. The minimum Gasteiger partial charge on any atom is -0.475 e. The molecule has 0 saturated heterocycles. The minimum atomic E-state index is -5.08. The van der Waals surface area contributed by atoms with Gasteiger partial charge in [-0.3, -0.25) is 4.90 Å². The first kappa shape index (κ1) is 29.4. The number of aliphatic carboxylic acids is 2. The molecule has 4 rings (SSSR count). The Kier molecular flexibility index (Phi) is 9.89. The second kappa shape index (κ2) is 12.4. The summed E-state index contributed by atoms with van der Waals surface area (Å²) in [6.45, 7) is 3.90. The highest BCUT2D eigenvalue weighted by Gasteiger charge is 2.39. The van der Waals surface area contributed by atoms with Gasteiger partial charge in [0.2, 0.25) is 5.88 Å². The third kappa shape index (κ3) is 10.4. The maximum atomic E-state index is 10.6. The van der Waals surface area contributed by atoms with Crippen LogP contribution in [0.5, 0.6) is 5.88 Å². The number of nitriles is 1. The summed E-state index contributed by atoms with van der Waals surface area (Å²) in [7, 11) is 0. The molecule has 9 nitrogen and oxygen atoms in total. The Morgan fingerprint density at radius 3 is 2.11 bits per heavy atom. The molecule has 0 aromatic carbocycles. The summed E-state index contributed by atoms with van der Waals surface area (Å²) < 4.78 is 71.9. The second-order valence-corrected chi connectivity index (χ2v) is 8.13. The van der Waals surface area contributed by atoms with Crippen LogP contribution < -0.4 is 4.74 Å². The van der Waals surface area contributed by atoms with E-state index in [2.05, 4.69) is 38.8 Å². The number of aromatic nitrogens is 2. The number of ether oxygens (including phenoxy) is 1. The predicted octanol–water partition coefficient (Wildman–Crippen LogP) is 3.69. The number of alkyl halides is 6. The number of rotatable bonds is 4. The summed E-state index contributed by atoms with van der Waals surface area (Å²) in [5.74, 6) is -4.05. The average molecular weight is 536 g/mol. The van der Waals surface area contributed by atoms with Crippen LogP contribution in [0, 0.1) is 17.2 Å². The number of carbonyl (C=O) groups is 2. The molecule has 3 heterocycles. The Balaban J connectivity index is 0.000000286. The highest BCUT2D eigenvalue weighted by Crippen LogP contribution is 2.31. The van der Waals surface area contributed by atoms with Gasteiger partial charge in [0.15, 0.2) is 0 Å². The molecule has 2 aliphatic rings. The molecule has 37 heavy (non-hydrogen) atoms. The summed E-state index contributed by atoms with van der Waals surface area (Å²) >= 11 is 0. The van der Waals surface area contributed by atoms with Gasteiger partial charge in [-0.15, -0.1) is 0 Å². The van der Waals surface area contributed by atoms with Crippen LogP contribution in [-0.4, -0.2) is 68.1 Å². The molecule has 1 fully saturated rings. The van der Waals surface area contributed by atoms with Crippen LogP contribution >= 0.6 is 0 Å². The smallest absolute Gasteiger partial charge is 0.475 e. The fourth-order valence-corrected chi connectivity index (χ4v) is 3.20. The molecule has 2 N–H and O–H groups in total. The monoisotopic (exact) mass is 536 g/mol. The van der Waals surface area contributed by atoms with Crippen LogP contribution in [0.15, 0.2) is 36.7 Å². The van der Waals surface area contributed by atoms with Crippen molar-refractivity contribution in [3.05, 3.63) is 47.9 Å². The number of hydrogen-bond donors (Lipinski definition) is 2. The highest BCUT2D eigenvalue weighted by molar-refractivity contribution is 5.73. The summed E-state index contributed by atoms with van der Waals surface area (Å²) in [6.07, 6.45) is -3.68. The van der Waals surface area contributed by atoms with Crippen molar-refractivity contribution in [2.45, 2.75) is 44.4 Å². The van der Waals surface area contributed by atoms with E-state index in [9.17, 15) is 26.3 Å². The van der Waals surface area contributed by atoms with E-state index in [0.717, 1.165) is 32.1 Å². The maximum absolute atomic E-state index is 10.6. The zero-order valence-electron chi connectivity index (χ0n) is 19.0. The lowest BCUT2D eigenvalue weighted by Gasteiger charge is -2.24. The lowest BCUT2D eigenvalue weighted by Crippen LogP contribution is -2.36. The zero-order valence-corrected chi connectivity index (χ0v) is 19.0. The maximum Gasteiger partial charge on any atom is 0.490 e. The van der Waals surface area contributed by atoms with Crippen LogP contribution in [-0.2, 0) is 22.7 Å². The van der Waals surface area contributed by atoms with E-state index < -0.39 is 24.3 Å². The number of pyridine rings is 1. The van der Waals surface area contributed by atoms with E-state index in [-0.39, 0.29) is 6.10 Å². The van der Waals surface area contributed by atoms with Crippen molar-refractivity contribution in [2.75, 3.05) is 13.1 Å². The number of fused-ring (bicyclic) bond motifs is 1. The Morgan fingerprint density at radius 2 is 1.65 bits per heavy atom. The Hall–Kier alpha value is -3.80. The molecular formula is C22H22F6N4O5. The fraction of sp³-hybridized carbons (Fsp3) is 0.455. The molecule has 1 unspecified atom stereocenters. The molecule has 1 saturated carbocycles. The normalized spacial score (nSPS) is 17.5. The van der Waals surface area contributed by atoms with Crippen molar-refractivity contribution in [1.82, 2.24) is 14.5 Å². The third-order valence-electron chi connectivity index (χ3n) is 5.02.